The first-order valence-electron chi connectivity index (χ1n) is 6.41. The van der Waals surface area contributed by atoms with Crippen LogP contribution in [0.2, 0.25) is 0 Å². The minimum Gasteiger partial charge on any atom is -0.311 e. The third-order valence-corrected chi connectivity index (χ3v) is 3.41. The lowest BCUT2D eigenvalue weighted by molar-refractivity contribution is 0.381. The van der Waals surface area contributed by atoms with E-state index in [1.165, 1.54) is 0 Å². The second-order valence-corrected chi connectivity index (χ2v) is 5.06. The molecular formula is C15H17N3O. The summed E-state index contributed by atoms with van der Waals surface area (Å²) in [7, 11) is 4.02. The summed E-state index contributed by atoms with van der Waals surface area (Å²) in [6.45, 7) is 1.57. The Bertz CT molecular complexity index is 783. The molecule has 0 fully saturated rings. The fraction of sp³-hybridized carbons (Fsp3) is 0.267. The molecule has 2 aromatic heterocycles. The molecule has 3 rings (SSSR count). The summed E-state index contributed by atoms with van der Waals surface area (Å²) in [5.41, 5.74) is 1.89. The highest BCUT2D eigenvalue weighted by Gasteiger charge is 2.07. The maximum absolute atomic E-state index is 12.4. The number of nitrogens with zero attached hydrogens (tertiary/aromatic N) is 3. The summed E-state index contributed by atoms with van der Waals surface area (Å²) in [5, 5.41) is 1.10. The Morgan fingerprint density at radius 3 is 2.68 bits per heavy atom. The molecule has 4 heteroatoms. The molecule has 3 aromatic rings. The lowest BCUT2D eigenvalue weighted by Crippen LogP contribution is -2.26. The van der Waals surface area contributed by atoms with Gasteiger partial charge in [0, 0.05) is 30.9 Å². The normalized spacial score (nSPS) is 11.7. The van der Waals surface area contributed by atoms with Crippen molar-refractivity contribution in [3.63, 3.8) is 0 Å². The van der Waals surface area contributed by atoms with E-state index >= 15 is 0 Å². The van der Waals surface area contributed by atoms with Crippen molar-refractivity contribution in [2.24, 2.45) is 0 Å². The molecule has 98 valence electrons. The minimum absolute atomic E-state index is 0.0700. The highest BCUT2D eigenvalue weighted by atomic mass is 16.1. The summed E-state index contributed by atoms with van der Waals surface area (Å²) in [6, 6.07) is 10.0. The van der Waals surface area contributed by atoms with Crippen molar-refractivity contribution < 1.29 is 0 Å². The van der Waals surface area contributed by atoms with E-state index in [-0.39, 0.29) is 5.56 Å². The number of likely N-dealkylation sites (N-methyl/N-ethyl adjacent to an activating group) is 1. The zero-order valence-electron chi connectivity index (χ0n) is 11.2. The first-order valence-corrected chi connectivity index (χ1v) is 6.41. The molecule has 2 heterocycles. The molecule has 0 saturated heterocycles. The van der Waals surface area contributed by atoms with Gasteiger partial charge in [-0.15, -0.1) is 0 Å². The standard InChI is InChI=1S/C15H17N3O/c1-16(2)7-8-17-9-10-18-13-6-4-3-5-12(13)11-14(18)15(17)19/h3-6,9-11H,7-8H2,1-2H3. The number of aromatic nitrogens is 2. The van der Waals surface area contributed by atoms with E-state index in [9.17, 15) is 4.79 Å². The number of fused-ring (bicyclic) bond motifs is 3. The average molecular weight is 255 g/mol. The molecule has 0 N–H and O–H groups in total. The van der Waals surface area contributed by atoms with E-state index in [0.29, 0.717) is 6.54 Å². The summed E-state index contributed by atoms with van der Waals surface area (Å²) in [5.74, 6) is 0. The molecule has 0 radical (unpaired) electrons. The van der Waals surface area contributed by atoms with Gasteiger partial charge < -0.3 is 13.9 Å². The fourth-order valence-electron chi connectivity index (χ4n) is 2.35. The zero-order valence-corrected chi connectivity index (χ0v) is 11.2. The number of hydrogen-bond acceptors (Lipinski definition) is 2. The Kier molecular flexibility index (Phi) is 2.87. The van der Waals surface area contributed by atoms with Crippen LogP contribution in [-0.2, 0) is 6.54 Å². The minimum atomic E-state index is 0.0700. The van der Waals surface area contributed by atoms with Crippen LogP contribution in [0, 0.1) is 0 Å². The summed E-state index contributed by atoms with van der Waals surface area (Å²) >= 11 is 0. The zero-order chi connectivity index (χ0) is 13.4. The van der Waals surface area contributed by atoms with Crippen molar-refractivity contribution in [2.45, 2.75) is 6.54 Å². The number of benzene rings is 1. The number of para-hydroxylation sites is 1. The highest BCUT2D eigenvalue weighted by molar-refractivity contribution is 5.86. The van der Waals surface area contributed by atoms with Crippen LogP contribution in [0.3, 0.4) is 0 Å². The van der Waals surface area contributed by atoms with E-state index in [1.807, 2.05) is 61.2 Å². The van der Waals surface area contributed by atoms with Crippen LogP contribution in [-0.4, -0.2) is 34.5 Å². The van der Waals surface area contributed by atoms with Gasteiger partial charge in [0.1, 0.15) is 5.52 Å². The molecule has 0 amide bonds. The van der Waals surface area contributed by atoms with E-state index in [4.69, 9.17) is 0 Å². The summed E-state index contributed by atoms with van der Waals surface area (Å²) < 4.78 is 3.73. The molecule has 0 bridgehead atoms. The third-order valence-electron chi connectivity index (χ3n) is 3.41. The van der Waals surface area contributed by atoms with Crippen molar-refractivity contribution in [1.82, 2.24) is 13.9 Å². The fourth-order valence-corrected chi connectivity index (χ4v) is 2.35. The SMILES string of the molecule is CN(C)CCn1ccn2c(cc3ccccc32)c1=O. The first kappa shape index (κ1) is 12.0. The molecule has 0 spiro atoms. The van der Waals surface area contributed by atoms with Crippen LogP contribution < -0.4 is 5.56 Å². The largest absolute Gasteiger partial charge is 0.311 e. The Balaban J connectivity index is 2.16. The smallest absolute Gasteiger partial charge is 0.274 e. The lowest BCUT2D eigenvalue weighted by Gasteiger charge is -2.11. The Morgan fingerprint density at radius 2 is 1.89 bits per heavy atom. The van der Waals surface area contributed by atoms with Gasteiger partial charge in [-0.3, -0.25) is 4.79 Å². The van der Waals surface area contributed by atoms with Crippen molar-refractivity contribution in [3.8, 4) is 0 Å². The van der Waals surface area contributed by atoms with Gasteiger partial charge in [0.05, 0.1) is 5.52 Å². The Morgan fingerprint density at radius 1 is 1.11 bits per heavy atom. The molecule has 4 nitrogen and oxygen atoms in total. The van der Waals surface area contributed by atoms with E-state index in [1.54, 1.807) is 4.57 Å². The second kappa shape index (κ2) is 4.55. The van der Waals surface area contributed by atoms with E-state index < -0.39 is 0 Å². The van der Waals surface area contributed by atoms with Gasteiger partial charge in [0.2, 0.25) is 0 Å². The van der Waals surface area contributed by atoms with Crippen LogP contribution in [0.1, 0.15) is 0 Å². The van der Waals surface area contributed by atoms with Gasteiger partial charge in [-0.1, -0.05) is 18.2 Å². The average Bonchev–Trinajstić information content (AvgIpc) is 2.77. The predicted octanol–water partition coefficient (Wildman–Crippen LogP) is 1.82. The number of hydrogen-bond donors (Lipinski definition) is 0. The molecule has 19 heavy (non-hydrogen) atoms. The predicted molar refractivity (Wildman–Crippen MR) is 77.7 cm³/mol. The van der Waals surface area contributed by atoms with Crippen LogP contribution in [0.5, 0.6) is 0 Å². The van der Waals surface area contributed by atoms with Crippen LogP contribution >= 0.6 is 0 Å². The maximum atomic E-state index is 12.4. The second-order valence-electron chi connectivity index (χ2n) is 5.06. The Hall–Kier alpha value is -2.07. The molecule has 0 atom stereocenters. The van der Waals surface area contributed by atoms with Crippen LogP contribution in [0.15, 0.2) is 47.5 Å². The summed E-state index contributed by atoms with van der Waals surface area (Å²) in [4.78, 5) is 14.5. The van der Waals surface area contributed by atoms with E-state index in [0.717, 1.165) is 23.0 Å². The monoisotopic (exact) mass is 255 g/mol. The van der Waals surface area contributed by atoms with Gasteiger partial charge >= 0.3 is 0 Å². The molecule has 0 aliphatic heterocycles. The van der Waals surface area contributed by atoms with Crippen molar-refractivity contribution >= 4 is 16.4 Å². The van der Waals surface area contributed by atoms with Gasteiger partial charge in [0.25, 0.3) is 5.56 Å². The maximum Gasteiger partial charge on any atom is 0.274 e. The topological polar surface area (TPSA) is 29.6 Å². The van der Waals surface area contributed by atoms with Gasteiger partial charge in [-0.2, -0.15) is 0 Å². The molecule has 0 unspecified atom stereocenters. The highest BCUT2D eigenvalue weighted by Crippen LogP contribution is 2.17. The van der Waals surface area contributed by atoms with Gasteiger partial charge in [-0.05, 0) is 26.2 Å². The molecule has 0 aliphatic carbocycles. The quantitative estimate of drug-likeness (QED) is 0.714. The van der Waals surface area contributed by atoms with Gasteiger partial charge in [-0.25, -0.2) is 0 Å². The van der Waals surface area contributed by atoms with Crippen LogP contribution in [0.25, 0.3) is 16.4 Å². The molecular weight excluding hydrogens is 238 g/mol. The number of rotatable bonds is 3. The third kappa shape index (κ3) is 2.04. The van der Waals surface area contributed by atoms with Gasteiger partial charge in [0.15, 0.2) is 0 Å². The molecule has 1 aromatic carbocycles. The molecule has 0 aliphatic rings. The first-order chi connectivity index (χ1) is 9.16. The molecule has 0 saturated carbocycles. The van der Waals surface area contributed by atoms with Crippen LogP contribution in [0.4, 0.5) is 0 Å². The van der Waals surface area contributed by atoms with Crippen molar-refractivity contribution in [3.05, 3.63) is 53.1 Å². The van der Waals surface area contributed by atoms with Crippen molar-refractivity contribution in [2.75, 3.05) is 20.6 Å². The van der Waals surface area contributed by atoms with E-state index in [2.05, 4.69) is 4.90 Å². The summed E-state index contributed by atoms with van der Waals surface area (Å²) in [6.07, 6.45) is 3.83. The Labute approximate surface area is 111 Å². The van der Waals surface area contributed by atoms with Crippen molar-refractivity contribution in [1.29, 1.82) is 0 Å². The lowest BCUT2D eigenvalue weighted by atomic mass is 10.2.